The lowest BCUT2D eigenvalue weighted by molar-refractivity contribution is -0.116. The van der Waals surface area contributed by atoms with E-state index in [1.54, 1.807) is 24.3 Å². The summed E-state index contributed by atoms with van der Waals surface area (Å²) >= 11 is 0. The van der Waals surface area contributed by atoms with E-state index in [4.69, 9.17) is 0 Å². The fourth-order valence-electron chi connectivity index (χ4n) is 2.74. The second-order valence-corrected chi connectivity index (χ2v) is 8.39. The number of likely N-dealkylation sites (N-methyl/N-ethyl adjacent to an activating group) is 1. The average molecular weight is 441 g/mol. The van der Waals surface area contributed by atoms with E-state index in [9.17, 15) is 22.4 Å². The van der Waals surface area contributed by atoms with Gasteiger partial charge in [0.1, 0.15) is 5.82 Å². The molecular formula is C22H20FN3O4S. The number of nitrogens with one attached hydrogen (secondary N) is 2. The first kappa shape index (κ1) is 22.0. The molecule has 2 amide bonds. The molecular weight excluding hydrogens is 421 g/mol. The van der Waals surface area contributed by atoms with E-state index in [-0.39, 0.29) is 28.6 Å². The van der Waals surface area contributed by atoms with Crippen LogP contribution in [0.4, 0.5) is 15.8 Å². The van der Waals surface area contributed by atoms with Gasteiger partial charge in [0.05, 0.1) is 11.4 Å². The lowest BCUT2D eigenvalue weighted by Gasteiger charge is -2.17. The van der Waals surface area contributed by atoms with Gasteiger partial charge in [-0.1, -0.05) is 18.2 Å². The SMILES string of the molecule is CN(CC(=O)Nc1ccccc1)C(=O)c1ccc(S(=O)(=O)Nc2ccc(F)cc2)cc1. The first-order chi connectivity index (χ1) is 14.7. The highest BCUT2D eigenvalue weighted by atomic mass is 32.2. The number of rotatable bonds is 7. The molecule has 9 heteroatoms. The molecule has 2 N–H and O–H groups in total. The maximum atomic E-state index is 13.0. The maximum absolute atomic E-state index is 13.0. The minimum Gasteiger partial charge on any atom is -0.332 e. The number of para-hydroxylation sites is 1. The van der Waals surface area contributed by atoms with E-state index in [0.717, 1.165) is 12.1 Å². The van der Waals surface area contributed by atoms with Gasteiger partial charge in [-0.15, -0.1) is 0 Å². The van der Waals surface area contributed by atoms with Gasteiger partial charge in [-0.25, -0.2) is 12.8 Å². The van der Waals surface area contributed by atoms with Crippen molar-refractivity contribution in [1.29, 1.82) is 0 Å². The molecule has 7 nitrogen and oxygen atoms in total. The van der Waals surface area contributed by atoms with Crippen molar-refractivity contribution in [3.8, 4) is 0 Å². The minimum atomic E-state index is -3.90. The van der Waals surface area contributed by atoms with Crippen molar-refractivity contribution in [2.24, 2.45) is 0 Å². The molecule has 0 unspecified atom stereocenters. The number of halogens is 1. The zero-order valence-corrected chi connectivity index (χ0v) is 17.4. The molecule has 3 rings (SSSR count). The lowest BCUT2D eigenvalue weighted by Crippen LogP contribution is -2.34. The Morgan fingerprint density at radius 1 is 0.871 bits per heavy atom. The van der Waals surface area contributed by atoms with E-state index < -0.39 is 21.7 Å². The second-order valence-electron chi connectivity index (χ2n) is 6.71. The van der Waals surface area contributed by atoms with Crippen LogP contribution in [-0.2, 0) is 14.8 Å². The summed E-state index contributed by atoms with van der Waals surface area (Å²) in [4.78, 5) is 25.9. The van der Waals surface area contributed by atoms with Crippen LogP contribution in [0.1, 0.15) is 10.4 Å². The summed E-state index contributed by atoms with van der Waals surface area (Å²) in [6, 6.07) is 19.1. The monoisotopic (exact) mass is 441 g/mol. The maximum Gasteiger partial charge on any atom is 0.261 e. The first-order valence-electron chi connectivity index (χ1n) is 9.23. The third-order valence-electron chi connectivity index (χ3n) is 4.29. The Kier molecular flexibility index (Phi) is 6.66. The van der Waals surface area contributed by atoms with Crippen LogP contribution >= 0.6 is 0 Å². The van der Waals surface area contributed by atoms with Gasteiger partial charge in [-0.3, -0.25) is 14.3 Å². The van der Waals surface area contributed by atoms with Crippen LogP contribution in [0.15, 0.2) is 83.8 Å². The zero-order valence-electron chi connectivity index (χ0n) is 16.6. The number of nitrogens with zero attached hydrogens (tertiary/aromatic N) is 1. The third kappa shape index (κ3) is 5.89. The molecule has 160 valence electrons. The highest BCUT2D eigenvalue weighted by Gasteiger charge is 2.18. The van der Waals surface area contributed by atoms with E-state index in [1.165, 1.54) is 48.3 Å². The van der Waals surface area contributed by atoms with Crippen molar-refractivity contribution in [3.05, 3.63) is 90.2 Å². The number of sulfonamides is 1. The van der Waals surface area contributed by atoms with Crippen LogP contribution in [0, 0.1) is 5.82 Å². The largest absolute Gasteiger partial charge is 0.332 e. The highest BCUT2D eigenvalue weighted by molar-refractivity contribution is 7.92. The quantitative estimate of drug-likeness (QED) is 0.588. The third-order valence-corrected chi connectivity index (χ3v) is 5.69. The predicted octanol–water partition coefficient (Wildman–Crippen LogP) is 3.34. The van der Waals surface area contributed by atoms with E-state index in [1.807, 2.05) is 6.07 Å². The fourth-order valence-corrected chi connectivity index (χ4v) is 3.80. The van der Waals surface area contributed by atoms with Crippen molar-refractivity contribution < 1.29 is 22.4 Å². The van der Waals surface area contributed by atoms with Crippen molar-refractivity contribution in [2.75, 3.05) is 23.6 Å². The van der Waals surface area contributed by atoms with Gasteiger partial charge < -0.3 is 10.2 Å². The summed E-state index contributed by atoms with van der Waals surface area (Å²) in [5.74, 6) is -1.27. The number of hydrogen-bond acceptors (Lipinski definition) is 4. The van der Waals surface area contributed by atoms with E-state index >= 15 is 0 Å². The second kappa shape index (κ2) is 9.40. The van der Waals surface area contributed by atoms with Crippen molar-refractivity contribution in [2.45, 2.75) is 4.90 Å². The van der Waals surface area contributed by atoms with Gasteiger partial charge in [-0.2, -0.15) is 0 Å². The first-order valence-corrected chi connectivity index (χ1v) is 10.7. The summed E-state index contributed by atoms with van der Waals surface area (Å²) in [5, 5.41) is 2.69. The van der Waals surface area contributed by atoms with Crippen LogP contribution in [-0.4, -0.2) is 38.7 Å². The van der Waals surface area contributed by atoms with Crippen molar-refractivity contribution >= 4 is 33.2 Å². The topological polar surface area (TPSA) is 95.6 Å². The average Bonchev–Trinajstić information content (AvgIpc) is 2.75. The molecule has 0 saturated carbocycles. The minimum absolute atomic E-state index is 0.0575. The Labute approximate surface area is 179 Å². The number of carbonyl (C=O) groups is 2. The molecule has 0 aliphatic carbocycles. The van der Waals surface area contributed by atoms with Gasteiger partial charge >= 0.3 is 0 Å². The molecule has 0 radical (unpaired) electrons. The van der Waals surface area contributed by atoms with Crippen molar-refractivity contribution in [1.82, 2.24) is 4.90 Å². The Morgan fingerprint density at radius 3 is 2.10 bits per heavy atom. The standard InChI is InChI=1S/C22H20FN3O4S/c1-26(15-21(27)24-18-5-3-2-4-6-18)22(28)16-7-13-20(14-8-16)31(29,30)25-19-11-9-17(23)10-12-19/h2-14,25H,15H2,1H3,(H,24,27). The van der Waals surface area contributed by atoms with Crippen LogP contribution in [0.2, 0.25) is 0 Å². The lowest BCUT2D eigenvalue weighted by atomic mass is 10.2. The van der Waals surface area contributed by atoms with Crippen LogP contribution in [0.5, 0.6) is 0 Å². The zero-order chi connectivity index (χ0) is 22.4. The molecule has 3 aromatic rings. The van der Waals surface area contributed by atoms with Gasteiger partial charge in [0.2, 0.25) is 5.91 Å². The molecule has 31 heavy (non-hydrogen) atoms. The highest BCUT2D eigenvalue weighted by Crippen LogP contribution is 2.17. The Bertz CT molecular complexity index is 1170. The van der Waals surface area contributed by atoms with Crippen LogP contribution in [0.25, 0.3) is 0 Å². The summed E-state index contributed by atoms with van der Waals surface area (Å²) < 4.78 is 40.3. The fraction of sp³-hybridized carbons (Fsp3) is 0.0909. The smallest absolute Gasteiger partial charge is 0.261 e. The number of amides is 2. The molecule has 3 aromatic carbocycles. The molecule has 0 spiro atoms. The summed E-state index contributed by atoms with van der Waals surface area (Å²) in [6.07, 6.45) is 0. The molecule has 0 fully saturated rings. The van der Waals surface area contributed by atoms with Crippen LogP contribution < -0.4 is 10.0 Å². The van der Waals surface area contributed by atoms with Crippen molar-refractivity contribution in [3.63, 3.8) is 0 Å². The van der Waals surface area contributed by atoms with Crippen LogP contribution in [0.3, 0.4) is 0 Å². The van der Waals surface area contributed by atoms with E-state index in [0.29, 0.717) is 5.69 Å². The molecule has 0 atom stereocenters. The van der Waals surface area contributed by atoms with Gasteiger partial charge in [0.15, 0.2) is 0 Å². The number of benzene rings is 3. The summed E-state index contributed by atoms with van der Waals surface area (Å²) in [7, 11) is -2.42. The summed E-state index contributed by atoms with van der Waals surface area (Å²) in [6.45, 7) is -0.167. The molecule has 0 heterocycles. The summed E-state index contributed by atoms with van der Waals surface area (Å²) in [5.41, 5.74) is 1.07. The Morgan fingerprint density at radius 2 is 1.48 bits per heavy atom. The predicted molar refractivity (Wildman–Crippen MR) is 116 cm³/mol. The molecule has 0 bridgehead atoms. The van der Waals surface area contributed by atoms with E-state index in [2.05, 4.69) is 10.0 Å². The normalized spacial score (nSPS) is 10.9. The molecule has 0 aromatic heterocycles. The Balaban J connectivity index is 1.63. The molecule has 0 aliphatic heterocycles. The number of carbonyl (C=O) groups excluding carboxylic acids is 2. The van der Waals surface area contributed by atoms with Gasteiger partial charge in [0, 0.05) is 24.0 Å². The number of hydrogen-bond donors (Lipinski definition) is 2. The molecule has 0 saturated heterocycles. The van der Waals surface area contributed by atoms with Gasteiger partial charge in [-0.05, 0) is 60.7 Å². The van der Waals surface area contributed by atoms with Gasteiger partial charge in [0.25, 0.3) is 15.9 Å². The Hall–Kier alpha value is -3.72. The molecule has 0 aliphatic rings. The number of anilines is 2.